The van der Waals surface area contributed by atoms with E-state index in [-0.39, 0.29) is 0 Å². The molecule has 1 amide bonds. The van der Waals surface area contributed by atoms with Gasteiger partial charge in [0.2, 0.25) is 0 Å². The number of imidazole rings is 1. The standard InChI is InChI=1S/C14H17N3O/c15-14(18)17-12-9-5-4-8-11(12)16-13(17)10-6-2-1-3-7-10/h4-5,8-10H,1-3,6-7H2,(H2,15,18). The third-order valence-electron chi connectivity index (χ3n) is 3.78. The molecule has 1 fully saturated rings. The first kappa shape index (κ1) is 11.3. The Labute approximate surface area is 106 Å². The second kappa shape index (κ2) is 4.44. The number of primary amides is 1. The summed E-state index contributed by atoms with van der Waals surface area (Å²) >= 11 is 0. The van der Waals surface area contributed by atoms with Crippen LogP contribution in [-0.4, -0.2) is 15.6 Å². The van der Waals surface area contributed by atoms with E-state index in [1.54, 1.807) is 4.57 Å². The lowest BCUT2D eigenvalue weighted by molar-refractivity contribution is 0.249. The van der Waals surface area contributed by atoms with E-state index >= 15 is 0 Å². The number of aromatic nitrogens is 2. The molecule has 0 bridgehead atoms. The number of nitrogens with zero attached hydrogens (tertiary/aromatic N) is 2. The smallest absolute Gasteiger partial charge is 0.324 e. The number of carbonyl (C=O) groups excluding carboxylic acids is 1. The molecule has 1 aliphatic rings. The molecule has 1 aromatic heterocycles. The zero-order valence-electron chi connectivity index (χ0n) is 10.3. The number of nitrogens with two attached hydrogens (primary N) is 1. The van der Waals surface area contributed by atoms with Crippen molar-refractivity contribution in [1.29, 1.82) is 0 Å². The van der Waals surface area contributed by atoms with E-state index in [0.29, 0.717) is 5.92 Å². The number of benzene rings is 1. The highest BCUT2D eigenvalue weighted by Gasteiger charge is 2.24. The van der Waals surface area contributed by atoms with Gasteiger partial charge in [0.25, 0.3) is 0 Å². The van der Waals surface area contributed by atoms with Crippen molar-refractivity contribution in [3.63, 3.8) is 0 Å². The summed E-state index contributed by atoms with van der Waals surface area (Å²) in [6.07, 6.45) is 5.93. The molecule has 0 atom stereocenters. The third-order valence-corrected chi connectivity index (χ3v) is 3.78. The molecule has 0 radical (unpaired) electrons. The molecule has 0 unspecified atom stereocenters. The Bertz CT molecular complexity index is 582. The van der Waals surface area contributed by atoms with Gasteiger partial charge in [0.1, 0.15) is 5.82 Å². The molecule has 4 heteroatoms. The van der Waals surface area contributed by atoms with Crippen molar-refractivity contribution in [2.24, 2.45) is 5.73 Å². The normalized spacial score (nSPS) is 17.1. The zero-order valence-corrected chi connectivity index (χ0v) is 10.3. The maximum Gasteiger partial charge on any atom is 0.324 e. The molecule has 18 heavy (non-hydrogen) atoms. The van der Waals surface area contributed by atoms with Crippen molar-refractivity contribution >= 4 is 17.1 Å². The van der Waals surface area contributed by atoms with Crippen LogP contribution in [0, 0.1) is 0 Å². The molecule has 0 spiro atoms. The summed E-state index contributed by atoms with van der Waals surface area (Å²) in [5.74, 6) is 1.22. The molecule has 1 aliphatic carbocycles. The number of para-hydroxylation sites is 2. The predicted molar refractivity (Wildman–Crippen MR) is 70.5 cm³/mol. The summed E-state index contributed by atoms with van der Waals surface area (Å²) in [6.45, 7) is 0. The van der Waals surface area contributed by atoms with Crippen LogP contribution in [0.4, 0.5) is 4.79 Å². The first-order valence-corrected chi connectivity index (χ1v) is 6.54. The van der Waals surface area contributed by atoms with Crippen LogP contribution >= 0.6 is 0 Å². The first-order chi connectivity index (χ1) is 8.77. The largest absolute Gasteiger partial charge is 0.351 e. The van der Waals surface area contributed by atoms with Crippen molar-refractivity contribution in [3.05, 3.63) is 30.1 Å². The van der Waals surface area contributed by atoms with Gasteiger partial charge in [0, 0.05) is 5.92 Å². The number of hydrogen-bond acceptors (Lipinski definition) is 2. The van der Waals surface area contributed by atoms with Gasteiger partial charge in [-0.2, -0.15) is 0 Å². The van der Waals surface area contributed by atoms with Gasteiger partial charge in [0.05, 0.1) is 11.0 Å². The van der Waals surface area contributed by atoms with Gasteiger partial charge < -0.3 is 5.73 Å². The van der Waals surface area contributed by atoms with E-state index in [1.807, 2.05) is 24.3 Å². The Kier molecular flexibility index (Phi) is 2.78. The first-order valence-electron chi connectivity index (χ1n) is 6.54. The van der Waals surface area contributed by atoms with Crippen LogP contribution in [0.3, 0.4) is 0 Å². The van der Waals surface area contributed by atoms with Crippen LogP contribution in [0.5, 0.6) is 0 Å². The van der Waals surface area contributed by atoms with Gasteiger partial charge in [-0.25, -0.2) is 14.3 Å². The van der Waals surface area contributed by atoms with Crippen LogP contribution < -0.4 is 5.73 Å². The number of hydrogen-bond donors (Lipinski definition) is 1. The Hall–Kier alpha value is -1.84. The van der Waals surface area contributed by atoms with Crippen LogP contribution in [0.1, 0.15) is 43.8 Å². The van der Waals surface area contributed by atoms with Crippen LogP contribution in [0.25, 0.3) is 11.0 Å². The van der Waals surface area contributed by atoms with Crippen molar-refractivity contribution < 1.29 is 4.79 Å². The highest BCUT2D eigenvalue weighted by molar-refractivity contribution is 5.89. The SMILES string of the molecule is NC(=O)n1c(C2CCCCC2)nc2ccccc21. The molecule has 0 saturated heterocycles. The quantitative estimate of drug-likeness (QED) is 0.836. The molecule has 1 aromatic carbocycles. The highest BCUT2D eigenvalue weighted by atomic mass is 16.2. The lowest BCUT2D eigenvalue weighted by Crippen LogP contribution is -2.24. The summed E-state index contributed by atoms with van der Waals surface area (Å²) in [6, 6.07) is 7.25. The van der Waals surface area contributed by atoms with E-state index in [9.17, 15) is 4.79 Å². The summed E-state index contributed by atoms with van der Waals surface area (Å²) in [5.41, 5.74) is 7.20. The summed E-state index contributed by atoms with van der Waals surface area (Å²) in [4.78, 5) is 16.3. The number of rotatable bonds is 1. The van der Waals surface area contributed by atoms with Crippen molar-refractivity contribution in [3.8, 4) is 0 Å². The maximum absolute atomic E-state index is 11.7. The van der Waals surface area contributed by atoms with Crippen LogP contribution in [0.2, 0.25) is 0 Å². The minimum Gasteiger partial charge on any atom is -0.351 e. The summed E-state index contributed by atoms with van der Waals surface area (Å²) in [5, 5.41) is 0. The van der Waals surface area contributed by atoms with Crippen LogP contribution in [0.15, 0.2) is 24.3 Å². The third kappa shape index (κ3) is 1.78. The Morgan fingerprint density at radius 3 is 2.67 bits per heavy atom. The Balaban J connectivity index is 2.14. The molecule has 2 aromatic rings. The van der Waals surface area contributed by atoms with Gasteiger partial charge in [-0.15, -0.1) is 0 Å². The van der Waals surface area contributed by atoms with Gasteiger partial charge in [0.15, 0.2) is 0 Å². The van der Waals surface area contributed by atoms with Crippen molar-refractivity contribution in [2.75, 3.05) is 0 Å². The molecule has 1 saturated carbocycles. The van der Waals surface area contributed by atoms with E-state index in [4.69, 9.17) is 5.73 Å². The van der Waals surface area contributed by atoms with E-state index in [1.165, 1.54) is 19.3 Å². The van der Waals surface area contributed by atoms with E-state index < -0.39 is 6.03 Å². The highest BCUT2D eigenvalue weighted by Crippen LogP contribution is 2.33. The number of carbonyl (C=O) groups is 1. The maximum atomic E-state index is 11.7. The van der Waals surface area contributed by atoms with Gasteiger partial charge in [-0.1, -0.05) is 31.4 Å². The number of amides is 1. The Morgan fingerprint density at radius 2 is 1.94 bits per heavy atom. The fourth-order valence-electron chi connectivity index (χ4n) is 2.91. The average molecular weight is 243 g/mol. The molecule has 1 heterocycles. The predicted octanol–water partition coefficient (Wildman–Crippen LogP) is 3.01. The monoisotopic (exact) mass is 243 g/mol. The molecular weight excluding hydrogens is 226 g/mol. The fourth-order valence-corrected chi connectivity index (χ4v) is 2.91. The van der Waals surface area contributed by atoms with E-state index in [0.717, 1.165) is 29.7 Å². The minimum atomic E-state index is -0.427. The van der Waals surface area contributed by atoms with Crippen molar-refractivity contribution in [2.45, 2.75) is 38.0 Å². The second-order valence-corrected chi connectivity index (χ2v) is 4.97. The molecule has 4 nitrogen and oxygen atoms in total. The average Bonchev–Trinajstić information content (AvgIpc) is 2.79. The topological polar surface area (TPSA) is 60.9 Å². The molecule has 0 aliphatic heterocycles. The summed E-state index contributed by atoms with van der Waals surface area (Å²) < 4.78 is 1.59. The van der Waals surface area contributed by atoms with E-state index in [2.05, 4.69) is 4.98 Å². The Morgan fingerprint density at radius 1 is 1.22 bits per heavy atom. The second-order valence-electron chi connectivity index (χ2n) is 4.97. The van der Waals surface area contributed by atoms with Gasteiger partial charge in [-0.3, -0.25) is 0 Å². The molecule has 2 N–H and O–H groups in total. The molecule has 94 valence electrons. The lowest BCUT2D eigenvalue weighted by Gasteiger charge is -2.21. The zero-order chi connectivity index (χ0) is 12.5. The van der Waals surface area contributed by atoms with Gasteiger partial charge >= 0.3 is 6.03 Å². The van der Waals surface area contributed by atoms with Crippen molar-refractivity contribution in [1.82, 2.24) is 9.55 Å². The lowest BCUT2D eigenvalue weighted by atomic mass is 9.88. The number of fused-ring (bicyclic) bond motifs is 1. The molecule has 3 rings (SSSR count). The molecular formula is C14H17N3O. The van der Waals surface area contributed by atoms with Crippen LogP contribution in [-0.2, 0) is 0 Å². The summed E-state index contributed by atoms with van der Waals surface area (Å²) in [7, 11) is 0. The van der Waals surface area contributed by atoms with Gasteiger partial charge in [-0.05, 0) is 25.0 Å². The fraction of sp³-hybridized carbons (Fsp3) is 0.429. The minimum absolute atomic E-state index is 0.374.